The van der Waals surface area contributed by atoms with Crippen molar-refractivity contribution in [3.63, 3.8) is 0 Å². The summed E-state index contributed by atoms with van der Waals surface area (Å²) in [4.78, 5) is 46.3. The zero-order valence-electron chi connectivity index (χ0n) is 26.5. The Morgan fingerprint density at radius 3 is 2.27 bits per heavy atom. The molecule has 45 heavy (non-hydrogen) atoms. The van der Waals surface area contributed by atoms with Crippen molar-refractivity contribution < 1.29 is 28.6 Å². The van der Waals surface area contributed by atoms with Crippen LogP contribution in [0.15, 0.2) is 66.7 Å². The minimum Gasteiger partial charge on any atom is -0.493 e. The van der Waals surface area contributed by atoms with E-state index in [0.717, 1.165) is 37.4 Å². The number of imide groups is 1. The van der Waals surface area contributed by atoms with Crippen molar-refractivity contribution in [3.05, 3.63) is 89.0 Å². The first-order chi connectivity index (χ1) is 21.9. The molecule has 2 atom stereocenters. The second kappa shape index (κ2) is 14.6. The predicted octanol–water partition coefficient (Wildman–Crippen LogP) is 4.47. The summed E-state index contributed by atoms with van der Waals surface area (Å²) in [5.41, 5.74) is 3.68. The number of fused-ring (bicyclic) bond motifs is 1. The molecule has 3 aromatic carbocycles. The molecule has 0 radical (unpaired) electrons. The molecule has 0 bridgehead atoms. The highest BCUT2D eigenvalue weighted by Gasteiger charge is 2.43. The van der Waals surface area contributed by atoms with E-state index < -0.39 is 6.04 Å². The van der Waals surface area contributed by atoms with Gasteiger partial charge in [0.15, 0.2) is 11.5 Å². The molecule has 3 amide bonds. The lowest BCUT2D eigenvalue weighted by atomic mass is 9.99. The Morgan fingerprint density at radius 1 is 0.844 bits per heavy atom. The summed E-state index contributed by atoms with van der Waals surface area (Å²) >= 11 is 0. The number of piperazine rings is 1. The van der Waals surface area contributed by atoms with Crippen LogP contribution in [-0.2, 0) is 9.53 Å². The maximum atomic E-state index is 14.3. The van der Waals surface area contributed by atoms with Crippen molar-refractivity contribution in [2.45, 2.75) is 31.8 Å². The molecule has 0 aromatic heterocycles. The summed E-state index contributed by atoms with van der Waals surface area (Å²) in [5.74, 6) is 0.208. The fourth-order valence-electron chi connectivity index (χ4n) is 6.33. The molecule has 5 rings (SSSR count). The van der Waals surface area contributed by atoms with Gasteiger partial charge in [0, 0.05) is 45.9 Å². The highest BCUT2D eigenvalue weighted by Crippen LogP contribution is 2.40. The number of amides is 3. The molecular weight excluding hydrogens is 572 g/mol. The van der Waals surface area contributed by atoms with Gasteiger partial charge < -0.3 is 24.4 Å². The maximum Gasteiger partial charge on any atom is 0.264 e. The van der Waals surface area contributed by atoms with Gasteiger partial charge in [-0.05, 0) is 55.2 Å². The Morgan fingerprint density at radius 2 is 1.58 bits per heavy atom. The van der Waals surface area contributed by atoms with Crippen molar-refractivity contribution in [1.82, 2.24) is 15.1 Å². The van der Waals surface area contributed by atoms with E-state index in [2.05, 4.69) is 46.3 Å². The summed E-state index contributed by atoms with van der Waals surface area (Å²) in [6.07, 6.45) is 0.982. The molecule has 10 heteroatoms. The molecule has 0 spiro atoms. The smallest absolute Gasteiger partial charge is 0.264 e. The van der Waals surface area contributed by atoms with E-state index in [9.17, 15) is 14.4 Å². The van der Waals surface area contributed by atoms with E-state index >= 15 is 0 Å². The van der Waals surface area contributed by atoms with Crippen LogP contribution in [0.2, 0.25) is 0 Å². The van der Waals surface area contributed by atoms with Gasteiger partial charge in [-0.2, -0.15) is 0 Å². The fourth-order valence-corrected chi connectivity index (χ4v) is 6.33. The number of carbonyl (C=O) groups is 3. The Hall–Kier alpha value is -4.41. The zero-order valence-corrected chi connectivity index (χ0v) is 26.5. The van der Waals surface area contributed by atoms with Crippen LogP contribution in [-0.4, -0.2) is 88.2 Å². The quantitative estimate of drug-likeness (QED) is 0.223. The summed E-state index contributed by atoms with van der Waals surface area (Å²) in [7, 11) is 4.58. The number of hydrogen-bond acceptors (Lipinski definition) is 8. The predicted molar refractivity (Wildman–Crippen MR) is 172 cm³/mol. The summed E-state index contributed by atoms with van der Waals surface area (Å²) in [6, 6.07) is 21.2. The van der Waals surface area contributed by atoms with Gasteiger partial charge in [0.1, 0.15) is 6.61 Å². The minimum atomic E-state index is -0.576. The molecule has 10 nitrogen and oxygen atoms in total. The summed E-state index contributed by atoms with van der Waals surface area (Å²) < 4.78 is 15.9. The lowest BCUT2D eigenvalue weighted by Gasteiger charge is -2.39. The van der Waals surface area contributed by atoms with Gasteiger partial charge >= 0.3 is 0 Å². The lowest BCUT2D eigenvalue weighted by Crippen LogP contribution is -2.47. The van der Waals surface area contributed by atoms with Crippen LogP contribution >= 0.6 is 0 Å². The molecule has 2 aliphatic rings. The highest BCUT2D eigenvalue weighted by atomic mass is 16.5. The third kappa shape index (κ3) is 6.82. The normalized spacial score (nSPS) is 16.4. The van der Waals surface area contributed by atoms with E-state index in [1.165, 1.54) is 17.6 Å². The number of methoxy groups -OCH3 is 3. The molecule has 1 N–H and O–H groups in total. The van der Waals surface area contributed by atoms with Gasteiger partial charge in [-0.15, -0.1) is 0 Å². The van der Waals surface area contributed by atoms with Gasteiger partial charge in [-0.1, -0.05) is 42.5 Å². The molecule has 0 unspecified atom stereocenters. The van der Waals surface area contributed by atoms with Crippen molar-refractivity contribution in [2.75, 3.05) is 65.6 Å². The van der Waals surface area contributed by atoms with Crippen molar-refractivity contribution in [2.24, 2.45) is 0 Å². The Kier molecular flexibility index (Phi) is 10.4. The van der Waals surface area contributed by atoms with E-state index in [1.807, 2.05) is 30.3 Å². The van der Waals surface area contributed by atoms with E-state index in [1.54, 1.807) is 26.4 Å². The van der Waals surface area contributed by atoms with E-state index in [0.29, 0.717) is 42.0 Å². The average Bonchev–Trinajstić information content (AvgIpc) is 3.33. The SMILES string of the molecule is COCC(=O)NCCC[C@H](c1ccc(OC)c(OC)c1)N1C(=O)c2cccc(N3CCN([C@H](C)c4ccccc4)CC3)c2C1=O. The molecular formula is C35H42N4O6. The van der Waals surface area contributed by atoms with Crippen LogP contribution in [0.1, 0.15) is 63.7 Å². The van der Waals surface area contributed by atoms with Gasteiger partial charge in [0.05, 0.1) is 37.1 Å². The first-order valence-electron chi connectivity index (χ1n) is 15.4. The van der Waals surface area contributed by atoms with Crippen molar-refractivity contribution >= 4 is 23.4 Å². The van der Waals surface area contributed by atoms with Crippen LogP contribution in [0, 0.1) is 0 Å². The number of rotatable bonds is 13. The maximum absolute atomic E-state index is 14.3. The number of nitrogens with one attached hydrogen (secondary N) is 1. The second-order valence-electron chi connectivity index (χ2n) is 11.3. The van der Waals surface area contributed by atoms with Crippen LogP contribution in [0.4, 0.5) is 5.69 Å². The average molecular weight is 615 g/mol. The number of benzene rings is 3. The molecule has 1 fully saturated rings. The standard InChI is InChI=1S/C35H42N4O6/c1-24(25-10-6-5-7-11-25)37-18-20-38(21-19-37)29-13-8-12-27-33(29)35(42)39(34(27)41)28(14-9-17-36-32(40)23-43-2)26-15-16-30(44-3)31(22-26)45-4/h5-8,10-13,15-16,22,24,28H,9,14,17-21,23H2,1-4H3,(H,36,40)/t24-,28-/m1/s1. The molecule has 0 aliphatic carbocycles. The monoisotopic (exact) mass is 614 g/mol. The van der Waals surface area contributed by atoms with Gasteiger partial charge in [-0.25, -0.2) is 0 Å². The van der Waals surface area contributed by atoms with Crippen LogP contribution < -0.4 is 19.7 Å². The van der Waals surface area contributed by atoms with Gasteiger partial charge in [0.2, 0.25) is 5.91 Å². The van der Waals surface area contributed by atoms with E-state index in [-0.39, 0.29) is 30.4 Å². The second-order valence-corrected chi connectivity index (χ2v) is 11.3. The third-order valence-corrected chi connectivity index (χ3v) is 8.76. The highest BCUT2D eigenvalue weighted by molar-refractivity contribution is 6.24. The van der Waals surface area contributed by atoms with Gasteiger partial charge in [0.25, 0.3) is 11.8 Å². The summed E-state index contributed by atoms with van der Waals surface area (Å²) in [5, 5.41) is 2.83. The summed E-state index contributed by atoms with van der Waals surface area (Å²) in [6.45, 7) is 5.75. The minimum absolute atomic E-state index is 0.0281. The molecule has 2 aliphatic heterocycles. The van der Waals surface area contributed by atoms with Crippen molar-refractivity contribution in [3.8, 4) is 11.5 Å². The van der Waals surface area contributed by atoms with Crippen LogP contribution in [0.25, 0.3) is 0 Å². The Labute approximate surface area is 264 Å². The first kappa shape index (κ1) is 32.0. The number of ether oxygens (including phenoxy) is 3. The zero-order chi connectivity index (χ0) is 31.9. The molecule has 1 saturated heterocycles. The topological polar surface area (TPSA) is 101 Å². The van der Waals surface area contributed by atoms with Crippen LogP contribution in [0.5, 0.6) is 11.5 Å². The molecule has 2 heterocycles. The van der Waals surface area contributed by atoms with E-state index in [4.69, 9.17) is 14.2 Å². The van der Waals surface area contributed by atoms with Crippen LogP contribution in [0.3, 0.4) is 0 Å². The Balaban J connectivity index is 1.38. The lowest BCUT2D eigenvalue weighted by molar-refractivity contribution is -0.124. The number of nitrogens with zero attached hydrogens (tertiary/aromatic N) is 3. The fraction of sp³-hybridized carbons (Fsp3) is 0.400. The number of carbonyl (C=O) groups excluding carboxylic acids is 3. The largest absolute Gasteiger partial charge is 0.493 e. The van der Waals surface area contributed by atoms with Crippen molar-refractivity contribution in [1.29, 1.82) is 0 Å². The molecule has 3 aromatic rings. The van der Waals surface area contributed by atoms with Gasteiger partial charge in [-0.3, -0.25) is 24.2 Å². The third-order valence-electron chi connectivity index (χ3n) is 8.76. The molecule has 238 valence electrons. The number of anilines is 1. The first-order valence-corrected chi connectivity index (χ1v) is 15.4. The number of hydrogen-bond donors (Lipinski definition) is 1. The Bertz CT molecular complexity index is 1510. The molecule has 0 saturated carbocycles.